The third-order valence-corrected chi connectivity index (χ3v) is 4.46. The number of rotatable bonds is 3. The first-order valence-electron chi connectivity index (χ1n) is 7.60. The van der Waals surface area contributed by atoms with Crippen LogP contribution in [0, 0.1) is 5.92 Å². The lowest BCUT2D eigenvalue weighted by Gasteiger charge is -2.18. The molecule has 1 aliphatic rings. The molecule has 0 aliphatic heterocycles. The highest BCUT2D eigenvalue weighted by Crippen LogP contribution is 2.32. The Bertz CT molecular complexity index is 675. The van der Waals surface area contributed by atoms with Gasteiger partial charge in [0.15, 0.2) is 0 Å². The summed E-state index contributed by atoms with van der Waals surface area (Å²) in [5.41, 5.74) is 4.52. The lowest BCUT2D eigenvalue weighted by molar-refractivity contribution is 0.0767. The van der Waals surface area contributed by atoms with Gasteiger partial charge in [-0.3, -0.25) is 4.79 Å². The highest BCUT2D eigenvalue weighted by molar-refractivity contribution is 5.99. The molecule has 1 heterocycles. The van der Waals surface area contributed by atoms with E-state index in [9.17, 15) is 4.79 Å². The van der Waals surface area contributed by atoms with Crippen LogP contribution in [0.15, 0.2) is 18.2 Å². The maximum Gasteiger partial charge on any atom is 0.253 e. The van der Waals surface area contributed by atoms with E-state index in [0.29, 0.717) is 18.0 Å². The number of aliphatic hydroxyl groups is 1. The molecule has 1 atom stereocenters. The van der Waals surface area contributed by atoms with Crippen LogP contribution in [0.4, 0.5) is 0 Å². The van der Waals surface area contributed by atoms with Gasteiger partial charge in [-0.2, -0.15) is 0 Å². The summed E-state index contributed by atoms with van der Waals surface area (Å²) < 4.78 is 0. The van der Waals surface area contributed by atoms with Crippen molar-refractivity contribution in [1.82, 2.24) is 9.88 Å². The number of H-pyrrole nitrogens is 1. The SMILES string of the molecule is CC1CCc2[nH]c3ccc(C(=O)N(C)CCO)cc3c2C1. The minimum absolute atomic E-state index is 0.0123. The van der Waals surface area contributed by atoms with Crippen LogP contribution >= 0.6 is 0 Å². The van der Waals surface area contributed by atoms with E-state index < -0.39 is 0 Å². The zero-order valence-electron chi connectivity index (χ0n) is 12.6. The first-order chi connectivity index (χ1) is 10.1. The summed E-state index contributed by atoms with van der Waals surface area (Å²) >= 11 is 0. The molecule has 21 heavy (non-hydrogen) atoms. The van der Waals surface area contributed by atoms with Crippen molar-refractivity contribution >= 4 is 16.8 Å². The second-order valence-corrected chi connectivity index (χ2v) is 6.14. The van der Waals surface area contributed by atoms with Gasteiger partial charge in [-0.1, -0.05) is 6.92 Å². The molecule has 2 N–H and O–H groups in total. The second-order valence-electron chi connectivity index (χ2n) is 6.14. The molecule has 1 amide bonds. The molecule has 0 saturated heterocycles. The van der Waals surface area contributed by atoms with Gasteiger partial charge in [0.1, 0.15) is 0 Å². The first kappa shape index (κ1) is 14.1. The number of benzene rings is 1. The Morgan fingerprint density at radius 3 is 3.05 bits per heavy atom. The van der Waals surface area contributed by atoms with E-state index in [1.807, 2.05) is 18.2 Å². The van der Waals surface area contributed by atoms with Crippen molar-refractivity contribution < 1.29 is 9.90 Å². The number of aliphatic hydroxyl groups excluding tert-OH is 1. The van der Waals surface area contributed by atoms with Crippen LogP contribution in [-0.2, 0) is 12.8 Å². The van der Waals surface area contributed by atoms with Crippen LogP contribution in [0.25, 0.3) is 10.9 Å². The van der Waals surface area contributed by atoms with Gasteiger partial charge in [-0.15, -0.1) is 0 Å². The highest BCUT2D eigenvalue weighted by atomic mass is 16.3. The average molecular weight is 286 g/mol. The number of aromatic amines is 1. The van der Waals surface area contributed by atoms with Gasteiger partial charge in [-0.25, -0.2) is 0 Å². The molecule has 0 saturated carbocycles. The molecular formula is C17H22N2O2. The van der Waals surface area contributed by atoms with E-state index in [-0.39, 0.29) is 12.5 Å². The van der Waals surface area contributed by atoms with Crippen molar-refractivity contribution in [2.24, 2.45) is 5.92 Å². The van der Waals surface area contributed by atoms with Crippen LogP contribution in [-0.4, -0.2) is 41.1 Å². The number of hydrogen-bond donors (Lipinski definition) is 2. The van der Waals surface area contributed by atoms with Gasteiger partial charge < -0.3 is 15.0 Å². The summed E-state index contributed by atoms with van der Waals surface area (Å²) in [5.74, 6) is 0.665. The number of carbonyl (C=O) groups excluding carboxylic acids is 1. The van der Waals surface area contributed by atoms with E-state index in [4.69, 9.17) is 5.11 Å². The van der Waals surface area contributed by atoms with Gasteiger partial charge in [0.2, 0.25) is 0 Å². The lowest BCUT2D eigenvalue weighted by Crippen LogP contribution is -2.29. The van der Waals surface area contributed by atoms with E-state index in [1.54, 1.807) is 11.9 Å². The topological polar surface area (TPSA) is 56.3 Å². The third kappa shape index (κ3) is 2.56. The van der Waals surface area contributed by atoms with Crippen molar-refractivity contribution in [3.8, 4) is 0 Å². The van der Waals surface area contributed by atoms with Crippen molar-refractivity contribution in [2.75, 3.05) is 20.2 Å². The van der Waals surface area contributed by atoms with E-state index in [2.05, 4.69) is 11.9 Å². The molecule has 0 spiro atoms. The van der Waals surface area contributed by atoms with Crippen molar-refractivity contribution in [2.45, 2.75) is 26.2 Å². The summed E-state index contributed by atoms with van der Waals surface area (Å²) in [5, 5.41) is 10.1. The maximum absolute atomic E-state index is 12.3. The average Bonchev–Trinajstić information content (AvgIpc) is 2.84. The fourth-order valence-electron chi connectivity index (χ4n) is 3.20. The van der Waals surface area contributed by atoms with Crippen LogP contribution < -0.4 is 0 Å². The van der Waals surface area contributed by atoms with Crippen molar-refractivity contribution in [3.05, 3.63) is 35.0 Å². The first-order valence-corrected chi connectivity index (χ1v) is 7.60. The summed E-state index contributed by atoms with van der Waals surface area (Å²) in [6, 6.07) is 5.86. The summed E-state index contributed by atoms with van der Waals surface area (Å²) in [4.78, 5) is 17.4. The van der Waals surface area contributed by atoms with Gasteiger partial charge in [0, 0.05) is 35.8 Å². The Morgan fingerprint density at radius 2 is 2.29 bits per heavy atom. The van der Waals surface area contributed by atoms with E-state index >= 15 is 0 Å². The highest BCUT2D eigenvalue weighted by Gasteiger charge is 2.21. The number of nitrogens with one attached hydrogen (secondary N) is 1. The minimum atomic E-state index is -0.0373. The molecule has 2 aromatic rings. The normalized spacial score (nSPS) is 17.8. The summed E-state index contributed by atoms with van der Waals surface area (Å²) in [6.07, 6.45) is 3.41. The third-order valence-electron chi connectivity index (χ3n) is 4.46. The zero-order chi connectivity index (χ0) is 15.0. The predicted octanol–water partition coefficient (Wildman–Crippen LogP) is 2.36. The Kier molecular flexibility index (Phi) is 3.72. The molecule has 1 aromatic heterocycles. The number of aryl methyl sites for hydroxylation is 1. The molecule has 0 radical (unpaired) electrons. The largest absolute Gasteiger partial charge is 0.395 e. The monoisotopic (exact) mass is 286 g/mol. The Labute approximate surface area is 124 Å². The van der Waals surface area contributed by atoms with Gasteiger partial charge in [0.25, 0.3) is 5.91 Å². The molecule has 0 bridgehead atoms. The number of aromatic nitrogens is 1. The number of nitrogens with zero attached hydrogens (tertiary/aromatic N) is 1. The van der Waals surface area contributed by atoms with E-state index in [0.717, 1.165) is 18.4 Å². The Morgan fingerprint density at radius 1 is 1.48 bits per heavy atom. The zero-order valence-corrected chi connectivity index (χ0v) is 12.6. The fourth-order valence-corrected chi connectivity index (χ4v) is 3.20. The minimum Gasteiger partial charge on any atom is -0.395 e. The van der Waals surface area contributed by atoms with Crippen LogP contribution in [0.5, 0.6) is 0 Å². The van der Waals surface area contributed by atoms with Crippen LogP contribution in [0.2, 0.25) is 0 Å². The quantitative estimate of drug-likeness (QED) is 0.910. The molecule has 0 fully saturated rings. The fraction of sp³-hybridized carbons (Fsp3) is 0.471. The van der Waals surface area contributed by atoms with Gasteiger partial charge in [-0.05, 0) is 48.9 Å². The van der Waals surface area contributed by atoms with Crippen LogP contribution in [0.3, 0.4) is 0 Å². The number of fused-ring (bicyclic) bond motifs is 3. The molecule has 112 valence electrons. The van der Waals surface area contributed by atoms with Crippen molar-refractivity contribution in [1.29, 1.82) is 0 Å². The number of amides is 1. The van der Waals surface area contributed by atoms with Crippen LogP contribution in [0.1, 0.15) is 35.0 Å². The molecule has 1 aliphatic carbocycles. The molecule has 4 nitrogen and oxygen atoms in total. The molecule has 1 unspecified atom stereocenters. The number of hydrogen-bond acceptors (Lipinski definition) is 2. The molecule has 1 aromatic carbocycles. The molecular weight excluding hydrogens is 264 g/mol. The van der Waals surface area contributed by atoms with E-state index in [1.165, 1.54) is 23.1 Å². The summed E-state index contributed by atoms with van der Waals surface area (Å²) in [7, 11) is 1.72. The lowest BCUT2D eigenvalue weighted by atomic mass is 9.87. The molecule has 4 heteroatoms. The van der Waals surface area contributed by atoms with Crippen molar-refractivity contribution in [3.63, 3.8) is 0 Å². The molecule has 3 rings (SSSR count). The van der Waals surface area contributed by atoms with Gasteiger partial charge in [0.05, 0.1) is 6.61 Å². The smallest absolute Gasteiger partial charge is 0.253 e. The predicted molar refractivity (Wildman–Crippen MR) is 83.5 cm³/mol. The standard InChI is InChI=1S/C17H22N2O2/c1-11-3-5-15-13(9-11)14-10-12(4-6-16(14)18-15)17(21)19(2)7-8-20/h4,6,10-11,18,20H,3,5,7-9H2,1-2H3. The Balaban J connectivity index is 2.00. The number of likely N-dealkylation sites (N-methyl/N-ethyl adjacent to an activating group) is 1. The van der Waals surface area contributed by atoms with Gasteiger partial charge >= 0.3 is 0 Å². The second kappa shape index (κ2) is 5.53. The number of carbonyl (C=O) groups is 1. The summed E-state index contributed by atoms with van der Waals surface area (Å²) in [6.45, 7) is 2.63. The maximum atomic E-state index is 12.3. The Hall–Kier alpha value is -1.81.